The molecule has 0 aliphatic rings. The van der Waals surface area contributed by atoms with Gasteiger partial charge in [0.15, 0.2) is 0 Å². The number of benzene rings is 1. The maximum absolute atomic E-state index is 13.8. The summed E-state index contributed by atoms with van der Waals surface area (Å²) in [4.78, 5) is 42.9. The first-order valence-electron chi connectivity index (χ1n) is 7.68. The van der Waals surface area contributed by atoms with Crippen LogP contribution in [0, 0.1) is 11.6 Å². The fraction of sp³-hybridized carbons (Fsp3) is 0.176. The molecular weight excluding hydrogens is 346 g/mol. The van der Waals surface area contributed by atoms with Crippen LogP contribution in [0.4, 0.5) is 8.78 Å². The second-order valence-electron chi connectivity index (χ2n) is 5.70. The number of H-pyrrole nitrogens is 1. The van der Waals surface area contributed by atoms with Crippen molar-refractivity contribution in [2.24, 2.45) is 0 Å². The molecule has 2 heterocycles. The van der Waals surface area contributed by atoms with Gasteiger partial charge in [0.05, 0.1) is 23.1 Å². The minimum Gasteiger partial charge on any atom is -0.348 e. The van der Waals surface area contributed by atoms with Crippen molar-refractivity contribution in [2.45, 2.75) is 19.5 Å². The number of aromatic amines is 1. The van der Waals surface area contributed by atoms with Gasteiger partial charge in [0.25, 0.3) is 5.56 Å². The molecule has 3 rings (SSSR count). The van der Waals surface area contributed by atoms with E-state index >= 15 is 0 Å². The molecule has 0 spiro atoms. The largest absolute Gasteiger partial charge is 0.348 e. The molecule has 0 fully saturated rings. The van der Waals surface area contributed by atoms with Crippen LogP contribution in [0.1, 0.15) is 18.5 Å². The number of rotatable bonds is 4. The second-order valence-corrected chi connectivity index (χ2v) is 5.70. The molecule has 0 saturated heterocycles. The molecule has 1 amide bonds. The van der Waals surface area contributed by atoms with Gasteiger partial charge in [0.2, 0.25) is 5.91 Å². The Balaban J connectivity index is 1.83. The highest BCUT2D eigenvalue weighted by atomic mass is 19.1. The van der Waals surface area contributed by atoms with Crippen molar-refractivity contribution in [1.29, 1.82) is 0 Å². The van der Waals surface area contributed by atoms with Crippen molar-refractivity contribution >= 4 is 16.8 Å². The molecule has 1 atom stereocenters. The fourth-order valence-corrected chi connectivity index (χ4v) is 2.61. The summed E-state index contributed by atoms with van der Waals surface area (Å²) in [6, 6.07) is 3.66. The number of nitrogens with zero attached hydrogens (tertiary/aromatic N) is 2. The molecule has 134 valence electrons. The van der Waals surface area contributed by atoms with E-state index in [9.17, 15) is 23.2 Å². The number of halogens is 2. The van der Waals surface area contributed by atoms with Crippen LogP contribution in [0.5, 0.6) is 0 Å². The van der Waals surface area contributed by atoms with E-state index in [4.69, 9.17) is 0 Å². The van der Waals surface area contributed by atoms with Gasteiger partial charge in [-0.2, -0.15) is 0 Å². The van der Waals surface area contributed by atoms with Crippen LogP contribution in [0.25, 0.3) is 10.9 Å². The van der Waals surface area contributed by atoms with E-state index in [1.54, 1.807) is 0 Å². The van der Waals surface area contributed by atoms with Crippen LogP contribution in [0.15, 0.2) is 46.2 Å². The third kappa shape index (κ3) is 3.37. The SMILES string of the molecule is C[C@H](NC(=O)Cn1c(=O)[nH]c2cnccc2c1=O)c1ccc(F)cc1F. The second kappa shape index (κ2) is 6.87. The molecule has 26 heavy (non-hydrogen) atoms. The van der Waals surface area contributed by atoms with Crippen LogP contribution in [-0.2, 0) is 11.3 Å². The lowest BCUT2D eigenvalue weighted by Crippen LogP contribution is -2.41. The molecule has 0 unspecified atom stereocenters. The monoisotopic (exact) mass is 360 g/mol. The Hall–Kier alpha value is -3.36. The number of hydrogen-bond donors (Lipinski definition) is 2. The Morgan fingerprint density at radius 1 is 1.31 bits per heavy atom. The predicted molar refractivity (Wildman–Crippen MR) is 89.5 cm³/mol. The van der Waals surface area contributed by atoms with Gasteiger partial charge in [0, 0.05) is 17.8 Å². The summed E-state index contributed by atoms with van der Waals surface area (Å²) in [6.07, 6.45) is 2.73. The summed E-state index contributed by atoms with van der Waals surface area (Å²) in [5.41, 5.74) is -1.04. The van der Waals surface area contributed by atoms with Crippen molar-refractivity contribution in [2.75, 3.05) is 0 Å². The molecule has 0 saturated carbocycles. The highest BCUT2D eigenvalue weighted by Crippen LogP contribution is 2.17. The number of nitrogens with one attached hydrogen (secondary N) is 2. The van der Waals surface area contributed by atoms with Gasteiger partial charge in [0.1, 0.15) is 18.2 Å². The van der Waals surface area contributed by atoms with Crippen molar-refractivity contribution in [3.8, 4) is 0 Å². The van der Waals surface area contributed by atoms with E-state index in [0.29, 0.717) is 6.07 Å². The van der Waals surface area contributed by atoms with Gasteiger partial charge in [-0.25, -0.2) is 13.6 Å². The van der Waals surface area contributed by atoms with Gasteiger partial charge in [-0.1, -0.05) is 6.07 Å². The van der Waals surface area contributed by atoms with Crippen molar-refractivity contribution in [1.82, 2.24) is 19.9 Å². The standard InChI is InChI=1S/C17H14F2N4O3/c1-9(11-3-2-10(18)6-13(11)19)21-15(24)8-23-16(25)12-4-5-20-7-14(12)22-17(23)26/h2-7,9H,8H2,1H3,(H,21,24)(H,22,26)/t9-/m0/s1. The molecule has 0 aliphatic carbocycles. The zero-order chi connectivity index (χ0) is 18.8. The molecule has 2 N–H and O–H groups in total. The van der Waals surface area contributed by atoms with Crippen LogP contribution in [0.3, 0.4) is 0 Å². The van der Waals surface area contributed by atoms with Gasteiger partial charge >= 0.3 is 5.69 Å². The normalized spacial score (nSPS) is 12.1. The van der Waals surface area contributed by atoms with Gasteiger partial charge < -0.3 is 10.3 Å². The lowest BCUT2D eigenvalue weighted by Gasteiger charge is -2.15. The zero-order valence-electron chi connectivity index (χ0n) is 13.6. The maximum atomic E-state index is 13.8. The van der Waals surface area contributed by atoms with E-state index in [1.807, 2.05) is 0 Å². The van der Waals surface area contributed by atoms with Crippen molar-refractivity contribution in [3.63, 3.8) is 0 Å². The Labute approximate surface area is 145 Å². The quantitative estimate of drug-likeness (QED) is 0.732. The Morgan fingerprint density at radius 2 is 2.08 bits per heavy atom. The van der Waals surface area contributed by atoms with Gasteiger partial charge in [-0.3, -0.25) is 19.1 Å². The van der Waals surface area contributed by atoms with Crippen LogP contribution < -0.4 is 16.6 Å². The number of hydrogen-bond acceptors (Lipinski definition) is 4. The Bertz CT molecular complexity index is 1110. The molecule has 0 bridgehead atoms. The summed E-state index contributed by atoms with van der Waals surface area (Å²) in [5, 5.41) is 2.69. The lowest BCUT2D eigenvalue weighted by molar-refractivity contribution is -0.122. The topological polar surface area (TPSA) is 96.8 Å². The number of carbonyl (C=O) groups is 1. The average Bonchev–Trinajstić information content (AvgIpc) is 2.58. The maximum Gasteiger partial charge on any atom is 0.329 e. The number of pyridine rings is 1. The van der Waals surface area contributed by atoms with E-state index in [0.717, 1.165) is 10.6 Å². The molecule has 0 aliphatic heterocycles. The highest BCUT2D eigenvalue weighted by molar-refractivity contribution is 5.78. The first-order chi connectivity index (χ1) is 12.4. The Morgan fingerprint density at radius 3 is 2.81 bits per heavy atom. The Kier molecular flexibility index (Phi) is 4.61. The zero-order valence-corrected chi connectivity index (χ0v) is 13.6. The first kappa shape index (κ1) is 17.5. The predicted octanol–water partition coefficient (Wildman–Crippen LogP) is 1.24. The van der Waals surface area contributed by atoms with E-state index < -0.39 is 41.4 Å². The minimum absolute atomic E-state index is 0.0885. The molecule has 2 aromatic heterocycles. The van der Waals surface area contributed by atoms with Crippen LogP contribution >= 0.6 is 0 Å². The molecule has 9 heteroatoms. The first-order valence-corrected chi connectivity index (χ1v) is 7.68. The molecule has 3 aromatic rings. The number of amides is 1. The van der Waals surface area contributed by atoms with Crippen LogP contribution in [0.2, 0.25) is 0 Å². The molecular formula is C17H14F2N4O3. The number of carbonyl (C=O) groups excluding carboxylic acids is 1. The van der Waals surface area contributed by atoms with Gasteiger partial charge in [-0.15, -0.1) is 0 Å². The summed E-state index contributed by atoms with van der Waals surface area (Å²) in [5.74, 6) is -2.19. The van der Waals surface area contributed by atoms with Crippen LogP contribution in [-0.4, -0.2) is 20.4 Å². The summed E-state index contributed by atoms with van der Waals surface area (Å²) < 4.78 is 27.5. The highest BCUT2D eigenvalue weighted by Gasteiger charge is 2.16. The third-order valence-electron chi connectivity index (χ3n) is 3.89. The minimum atomic E-state index is -0.800. The van der Waals surface area contributed by atoms with Gasteiger partial charge in [-0.05, 0) is 19.1 Å². The molecule has 1 aromatic carbocycles. The van der Waals surface area contributed by atoms with E-state index in [1.165, 1.54) is 31.5 Å². The molecule has 7 nitrogen and oxygen atoms in total. The average molecular weight is 360 g/mol. The lowest BCUT2D eigenvalue weighted by atomic mass is 10.1. The van der Waals surface area contributed by atoms with E-state index in [2.05, 4.69) is 15.3 Å². The smallest absolute Gasteiger partial charge is 0.329 e. The number of fused-ring (bicyclic) bond motifs is 1. The summed E-state index contributed by atoms with van der Waals surface area (Å²) in [7, 11) is 0. The molecule has 0 radical (unpaired) electrons. The third-order valence-corrected chi connectivity index (χ3v) is 3.89. The van der Waals surface area contributed by atoms with Crippen molar-refractivity contribution < 1.29 is 13.6 Å². The number of aromatic nitrogens is 3. The summed E-state index contributed by atoms with van der Waals surface area (Å²) in [6.45, 7) is 0.965. The van der Waals surface area contributed by atoms with E-state index in [-0.39, 0.29) is 16.5 Å². The van der Waals surface area contributed by atoms with Crippen molar-refractivity contribution in [3.05, 3.63) is 74.7 Å². The summed E-state index contributed by atoms with van der Waals surface area (Å²) >= 11 is 0. The fourth-order valence-electron chi connectivity index (χ4n) is 2.61.